The predicted molar refractivity (Wildman–Crippen MR) is 74.3 cm³/mol. The Kier molecular flexibility index (Phi) is 4.51. The molecule has 2 aliphatic rings. The minimum absolute atomic E-state index is 0.136. The maximum Gasteiger partial charge on any atom is 0.323 e. The first kappa shape index (κ1) is 14.8. The van der Waals surface area contributed by atoms with Crippen molar-refractivity contribution in [2.24, 2.45) is 0 Å². The lowest BCUT2D eigenvalue weighted by atomic mass is 9.92. The van der Waals surface area contributed by atoms with E-state index in [0.29, 0.717) is 19.4 Å². The molecule has 0 radical (unpaired) electrons. The lowest BCUT2D eigenvalue weighted by Crippen LogP contribution is -2.53. The fraction of sp³-hybridized carbons (Fsp3) is 0.933. The van der Waals surface area contributed by atoms with Crippen molar-refractivity contribution in [3.05, 3.63) is 0 Å². The highest BCUT2D eigenvalue weighted by molar-refractivity contribution is 5.78. The average Bonchev–Trinajstić information content (AvgIpc) is 3.02. The van der Waals surface area contributed by atoms with E-state index < -0.39 is 11.5 Å². The van der Waals surface area contributed by atoms with Crippen LogP contribution in [-0.4, -0.2) is 34.9 Å². The van der Waals surface area contributed by atoms with Gasteiger partial charge in [0.25, 0.3) is 0 Å². The lowest BCUT2D eigenvalue weighted by molar-refractivity contribution is -0.145. The molecule has 1 aliphatic carbocycles. The van der Waals surface area contributed by atoms with Gasteiger partial charge in [-0.2, -0.15) is 0 Å². The summed E-state index contributed by atoms with van der Waals surface area (Å²) in [5.74, 6) is -0.744. The van der Waals surface area contributed by atoms with Gasteiger partial charge in [0.1, 0.15) is 5.54 Å². The zero-order chi connectivity index (χ0) is 13.9. The van der Waals surface area contributed by atoms with Crippen molar-refractivity contribution in [1.29, 1.82) is 0 Å². The van der Waals surface area contributed by atoms with Crippen LogP contribution in [0, 0.1) is 0 Å². The van der Waals surface area contributed by atoms with Gasteiger partial charge in [-0.15, -0.1) is 0 Å². The van der Waals surface area contributed by atoms with E-state index in [4.69, 9.17) is 4.74 Å². The first-order chi connectivity index (χ1) is 9.06. The van der Waals surface area contributed by atoms with Crippen LogP contribution in [0.3, 0.4) is 0 Å². The third-order valence-corrected chi connectivity index (χ3v) is 5.14. The van der Waals surface area contributed by atoms with Gasteiger partial charge in [-0.25, -0.2) is 0 Å². The Morgan fingerprint density at radius 2 is 1.95 bits per heavy atom. The Bertz CT molecular complexity index is 319. The molecule has 1 unspecified atom stereocenters. The number of aliphatic carboxylic acids is 1. The quantitative estimate of drug-likeness (QED) is 0.778. The normalized spacial score (nSPS) is 26.1. The summed E-state index contributed by atoms with van der Waals surface area (Å²) in [6, 6.07) is 0. The Morgan fingerprint density at radius 1 is 1.32 bits per heavy atom. The van der Waals surface area contributed by atoms with Gasteiger partial charge in [-0.05, 0) is 38.5 Å². The summed E-state index contributed by atoms with van der Waals surface area (Å²) in [6.45, 7) is 4.52. The molecule has 0 aromatic heterocycles. The molecule has 1 aliphatic heterocycles. The van der Waals surface area contributed by atoms with Gasteiger partial charge in [0, 0.05) is 6.54 Å². The molecule has 1 saturated heterocycles. The van der Waals surface area contributed by atoms with Crippen LogP contribution in [0.2, 0.25) is 0 Å². The average molecular weight is 269 g/mol. The van der Waals surface area contributed by atoms with Crippen molar-refractivity contribution < 1.29 is 14.6 Å². The Balaban J connectivity index is 1.87. The zero-order valence-electron chi connectivity index (χ0n) is 12.2. The van der Waals surface area contributed by atoms with Gasteiger partial charge in [0.05, 0.1) is 11.7 Å². The fourth-order valence-electron chi connectivity index (χ4n) is 3.61. The summed E-state index contributed by atoms with van der Waals surface area (Å²) < 4.78 is 6.22. The topological polar surface area (TPSA) is 58.6 Å². The molecule has 0 bridgehead atoms. The van der Waals surface area contributed by atoms with Crippen LogP contribution >= 0.6 is 0 Å². The highest BCUT2D eigenvalue weighted by Crippen LogP contribution is 2.43. The van der Waals surface area contributed by atoms with Crippen molar-refractivity contribution in [3.63, 3.8) is 0 Å². The van der Waals surface area contributed by atoms with Gasteiger partial charge in [0.15, 0.2) is 0 Å². The summed E-state index contributed by atoms with van der Waals surface area (Å²) in [4.78, 5) is 11.4. The zero-order valence-corrected chi connectivity index (χ0v) is 12.2. The van der Waals surface area contributed by atoms with Crippen molar-refractivity contribution in [3.8, 4) is 0 Å². The molecule has 0 amide bonds. The van der Waals surface area contributed by atoms with E-state index in [-0.39, 0.29) is 11.7 Å². The molecule has 1 spiro atoms. The van der Waals surface area contributed by atoms with Crippen molar-refractivity contribution in [1.82, 2.24) is 5.32 Å². The van der Waals surface area contributed by atoms with Crippen LogP contribution in [-0.2, 0) is 9.53 Å². The first-order valence-corrected chi connectivity index (χ1v) is 7.72. The largest absolute Gasteiger partial charge is 0.480 e. The third-order valence-electron chi connectivity index (χ3n) is 5.14. The van der Waals surface area contributed by atoms with E-state index in [1.165, 1.54) is 25.7 Å². The maximum absolute atomic E-state index is 11.4. The summed E-state index contributed by atoms with van der Waals surface area (Å²) in [7, 11) is 0. The number of nitrogens with one attached hydrogen (secondary N) is 1. The monoisotopic (exact) mass is 269 g/mol. The molecule has 0 aromatic rings. The minimum atomic E-state index is -0.783. The standard InChI is InChI=1S/C15H27NO3/c1-3-15(4-2,13(17)18)16-11-12-7-10-14(19-12)8-5-6-9-14/h12,16H,3-11H2,1-2H3,(H,17,18). The van der Waals surface area contributed by atoms with Gasteiger partial charge < -0.3 is 9.84 Å². The minimum Gasteiger partial charge on any atom is -0.480 e. The third kappa shape index (κ3) is 2.95. The molecule has 1 saturated carbocycles. The molecule has 2 N–H and O–H groups in total. The number of carbonyl (C=O) groups is 1. The van der Waals surface area contributed by atoms with E-state index in [1.807, 2.05) is 13.8 Å². The number of hydrogen-bond acceptors (Lipinski definition) is 3. The Morgan fingerprint density at radius 3 is 2.47 bits per heavy atom. The van der Waals surface area contributed by atoms with Crippen molar-refractivity contribution in [2.45, 2.75) is 82.5 Å². The van der Waals surface area contributed by atoms with Gasteiger partial charge in [0.2, 0.25) is 0 Å². The number of rotatable bonds is 6. The molecule has 1 atom stereocenters. The highest BCUT2D eigenvalue weighted by atomic mass is 16.5. The van der Waals surface area contributed by atoms with Crippen LogP contribution in [0.4, 0.5) is 0 Å². The van der Waals surface area contributed by atoms with Crippen LogP contribution < -0.4 is 5.32 Å². The molecule has 110 valence electrons. The number of ether oxygens (including phenoxy) is 1. The molecule has 19 heavy (non-hydrogen) atoms. The molecular formula is C15H27NO3. The molecule has 2 fully saturated rings. The van der Waals surface area contributed by atoms with Crippen molar-refractivity contribution >= 4 is 5.97 Å². The Labute approximate surface area is 115 Å². The van der Waals surface area contributed by atoms with Gasteiger partial charge in [-0.1, -0.05) is 26.7 Å². The fourth-order valence-corrected chi connectivity index (χ4v) is 3.61. The summed E-state index contributed by atoms with van der Waals surface area (Å²) in [5.41, 5.74) is -0.647. The summed E-state index contributed by atoms with van der Waals surface area (Å²) in [6.07, 6.45) is 8.56. The predicted octanol–water partition coefficient (Wildman–Crippen LogP) is 2.71. The van der Waals surface area contributed by atoms with Gasteiger partial charge >= 0.3 is 5.97 Å². The summed E-state index contributed by atoms with van der Waals surface area (Å²) >= 11 is 0. The first-order valence-electron chi connectivity index (χ1n) is 7.72. The smallest absolute Gasteiger partial charge is 0.323 e. The second kappa shape index (κ2) is 5.80. The number of hydrogen-bond donors (Lipinski definition) is 2. The number of carboxylic acids is 1. The lowest BCUT2D eigenvalue weighted by Gasteiger charge is -2.30. The van der Waals surface area contributed by atoms with Crippen LogP contribution in [0.1, 0.15) is 65.2 Å². The maximum atomic E-state index is 11.4. The summed E-state index contributed by atoms with van der Waals surface area (Å²) in [5, 5.41) is 12.7. The molecule has 4 heteroatoms. The van der Waals surface area contributed by atoms with Crippen molar-refractivity contribution in [2.75, 3.05) is 6.54 Å². The van der Waals surface area contributed by atoms with Crippen LogP contribution in [0.5, 0.6) is 0 Å². The molecule has 1 heterocycles. The van der Waals surface area contributed by atoms with Crippen LogP contribution in [0.25, 0.3) is 0 Å². The second-order valence-corrected chi connectivity index (χ2v) is 6.14. The number of carboxylic acid groups (broad SMARTS) is 1. The SMILES string of the molecule is CCC(CC)(NCC1CCC2(CCCC2)O1)C(=O)O. The van der Waals surface area contributed by atoms with E-state index in [1.54, 1.807) is 0 Å². The molecule has 4 nitrogen and oxygen atoms in total. The molecule has 2 rings (SSSR count). The highest BCUT2D eigenvalue weighted by Gasteiger charge is 2.43. The molecular weight excluding hydrogens is 242 g/mol. The van der Waals surface area contributed by atoms with E-state index >= 15 is 0 Å². The van der Waals surface area contributed by atoms with Crippen LogP contribution in [0.15, 0.2) is 0 Å². The van der Waals surface area contributed by atoms with E-state index in [9.17, 15) is 9.90 Å². The Hall–Kier alpha value is -0.610. The van der Waals surface area contributed by atoms with E-state index in [0.717, 1.165) is 12.8 Å². The van der Waals surface area contributed by atoms with E-state index in [2.05, 4.69) is 5.32 Å². The molecule has 0 aromatic carbocycles. The van der Waals surface area contributed by atoms with Gasteiger partial charge in [-0.3, -0.25) is 10.1 Å². The second-order valence-electron chi connectivity index (χ2n) is 6.14.